The van der Waals surface area contributed by atoms with Gasteiger partial charge in [-0.1, -0.05) is 0 Å². The first-order chi connectivity index (χ1) is 13.1. The van der Waals surface area contributed by atoms with Crippen LogP contribution in [0.1, 0.15) is 35.4 Å². The van der Waals surface area contributed by atoms with Crippen molar-refractivity contribution in [3.8, 4) is 11.1 Å². The lowest BCUT2D eigenvalue weighted by Gasteiger charge is -2.36. The lowest BCUT2D eigenvalue weighted by Crippen LogP contribution is -2.48. The van der Waals surface area contributed by atoms with E-state index in [0.717, 1.165) is 28.8 Å². The third kappa shape index (κ3) is 2.98. The molecule has 27 heavy (non-hydrogen) atoms. The van der Waals surface area contributed by atoms with Crippen molar-refractivity contribution in [2.45, 2.75) is 43.8 Å². The van der Waals surface area contributed by atoms with Crippen molar-refractivity contribution < 1.29 is 4.79 Å². The van der Waals surface area contributed by atoms with E-state index in [4.69, 9.17) is 5.73 Å². The second-order valence-electron chi connectivity index (χ2n) is 7.58. The van der Waals surface area contributed by atoms with Gasteiger partial charge in [-0.05, 0) is 61.9 Å². The molecule has 0 saturated carbocycles. The van der Waals surface area contributed by atoms with Crippen LogP contribution in [-0.4, -0.2) is 50.6 Å². The van der Waals surface area contributed by atoms with Gasteiger partial charge in [0.05, 0.1) is 4.88 Å². The highest BCUT2D eigenvalue weighted by molar-refractivity contribution is 7.12. The third-order valence-electron chi connectivity index (χ3n) is 5.94. The van der Waals surface area contributed by atoms with Gasteiger partial charge >= 0.3 is 0 Å². The van der Waals surface area contributed by atoms with Gasteiger partial charge in [-0.15, -0.1) is 16.4 Å². The van der Waals surface area contributed by atoms with Gasteiger partial charge in [-0.25, -0.2) is 4.52 Å². The van der Waals surface area contributed by atoms with Crippen LogP contribution in [0.15, 0.2) is 29.8 Å². The minimum atomic E-state index is 0.0336. The fourth-order valence-corrected chi connectivity index (χ4v) is 5.28. The molecule has 0 radical (unpaired) electrons. The number of piperidine rings is 1. The van der Waals surface area contributed by atoms with E-state index in [1.807, 2.05) is 29.8 Å². The highest BCUT2D eigenvalue weighted by atomic mass is 32.1. The van der Waals surface area contributed by atoms with Crippen LogP contribution < -0.4 is 11.1 Å². The molecule has 0 aliphatic carbocycles. The number of fused-ring (bicyclic) bond motifs is 3. The maximum Gasteiger partial charge on any atom is 0.261 e. The Morgan fingerprint density at radius 2 is 2.04 bits per heavy atom. The lowest BCUT2D eigenvalue weighted by atomic mass is 9.98. The van der Waals surface area contributed by atoms with Crippen LogP contribution in [0.5, 0.6) is 0 Å². The summed E-state index contributed by atoms with van der Waals surface area (Å²) in [5.74, 6) is 0.288. The van der Waals surface area contributed by atoms with E-state index in [0.29, 0.717) is 17.7 Å². The highest BCUT2D eigenvalue weighted by Crippen LogP contribution is 2.34. The molecule has 3 aromatic heterocycles. The summed E-state index contributed by atoms with van der Waals surface area (Å²) < 4.78 is 1.66. The number of nitrogens with zero attached hydrogens (tertiary/aromatic N) is 4. The van der Waals surface area contributed by atoms with Crippen molar-refractivity contribution in [1.82, 2.24) is 24.8 Å². The number of rotatable bonds is 3. The molecule has 2 bridgehead atoms. The summed E-state index contributed by atoms with van der Waals surface area (Å²) in [5, 5.41) is 9.41. The minimum Gasteiger partial charge on any atom is -0.366 e. The molecular weight excluding hydrogens is 360 g/mol. The molecule has 0 aromatic carbocycles. The summed E-state index contributed by atoms with van der Waals surface area (Å²) >= 11 is 1.48. The first-order valence-electron chi connectivity index (χ1n) is 9.30. The quantitative estimate of drug-likeness (QED) is 0.726. The molecular formula is C19H22N6OS. The lowest BCUT2D eigenvalue weighted by molar-refractivity contribution is 0.0886. The van der Waals surface area contributed by atoms with E-state index in [9.17, 15) is 4.79 Å². The Hall–Kier alpha value is -2.45. The molecule has 2 aliphatic rings. The average Bonchev–Trinajstić information content (AvgIpc) is 3.31. The van der Waals surface area contributed by atoms with Crippen LogP contribution in [0.2, 0.25) is 0 Å². The van der Waals surface area contributed by atoms with Crippen molar-refractivity contribution in [1.29, 1.82) is 0 Å². The molecule has 2 aliphatic heterocycles. The molecule has 2 atom stereocenters. The molecule has 3 N–H and O–H groups in total. The number of nitrogen functional groups attached to an aromatic ring is 1. The third-order valence-corrected chi connectivity index (χ3v) is 6.87. The highest BCUT2D eigenvalue weighted by Gasteiger charge is 2.38. The second-order valence-corrected chi connectivity index (χ2v) is 8.49. The van der Waals surface area contributed by atoms with E-state index in [2.05, 4.69) is 27.3 Å². The molecule has 3 aromatic rings. The molecule has 0 spiro atoms. The van der Waals surface area contributed by atoms with E-state index in [-0.39, 0.29) is 17.9 Å². The maximum absolute atomic E-state index is 12.7. The minimum absolute atomic E-state index is 0.0336. The largest absolute Gasteiger partial charge is 0.366 e. The average molecular weight is 382 g/mol. The number of carbonyl (C=O) groups is 1. The number of thiophene rings is 1. The van der Waals surface area contributed by atoms with Crippen LogP contribution in [-0.2, 0) is 0 Å². The summed E-state index contributed by atoms with van der Waals surface area (Å²) in [6, 6.07) is 7.33. The number of amides is 1. The monoisotopic (exact) mass is 382 g/mol. The Morgan fingerprint density at radius 1 is 1.26 bits per heavy atom. The zero-order valence-electron chi connectivity index (χ0n) is 15.1. The van der Waals surface area contributed by atoms with Crippen LogP contribution in [0, 0.1) is 0 Å². The molecule has 8 heteroatoms. The van der Waals surface area contributed by atoms with Crippen molar-refractivity contribution in [2.75, 3.05) is 12.8 Å². The van der Waals surface area contributed by atoms with Gasteiger partial charge in [0.15, 0.2) is 5.65 Å². The summed E-state index contributed by atoms with van der Waals surface area (Å²) in [6.07, 6.45) is 6.51. The van der Waals surface area contributed by atoms with Gasteiger partial charge < -0.3 is 16.0 Å². The molecule has 2 unspecified atom stereocenters. The topological polar surface area (TPSA) is 88.5 Å². The molecule has 140 valence electrons. The van der Waals surface area contributed by atoms with E-state index in [1.165, 1.54) is 24.2 Å². The SMILES string of the molecule is CN1C2CCC1CC(NC(=O)c1cc(-c3ccc4nc(N)nn4c3)cs1)C2. The Bertz CT molecular complexity index is 997. The zero-order chi connectivity index (χ0) is 18.5. The predicted molar refractivity (Wildman–Crippen MR) is 106 cm³/mol. The summed E-state index contributed by atoms with van der Waals surface area (Å²) in [5.41, 5.74) is 8.35. The fourth-order valence-electron chi connectivity index (χ4n) is 4.46. The standard InChI is InChI=1S/C19H22N6OS/c1-24-14-3-4-15(24)8-13(7-14)21-18(26)16-6-12(10-27-16)11-2-5-17-22-19(20)23-25(17)9-11/h2,5-6,9-10,13-15H,3-4,7-8H2,1H3,(H2,20,23)(H,21,26). The van der Waals surface area contributed by atoms with E-state index >= 15 is 0 Å². The number of hydrogen-bond acceptors (Lipinski definition) is 6. The van der Waals surface area contributed by atoms with E-state index < -0.39 is 0 Å². The Labute approximate surface area is 161 Å². The number of anilines is 1. The van der Waals surface area contributed by atoms with Gasteiger partial charge in [0.1, 0.15) is 0 Å². The molecule has 2 saturated heterocycles. The maximum atomic E-state index is 12.7. The van der Waals surface area contributed by atoms with Crippen molar-refractivity contribution >= 4 is 28.8 Å². The van der Waals surface area contributed by atoms with Gasteiger partial charge in [-0.3, -0.25) is 4.79 Å². The number of aromatic nitrogens is 3. The Balaban J connectivity index is 1.31. The van der Waals surface area contributed by atoms with Gasteiger partial charge in [0.25, 0.3) is 5.91 Å². The summed E-state index contributed by atoms with van der Waals surface area (Å²) in [6.45, 7) is 0. The molecule has 5 heterocycles. The number of nitrogens with two attached hydrogens (primary N) is 1. The van der Waals surface area contributed by atoms with Crippen LogP contribution in [0.25, 0.3) is 16.8 Å². The van der Waals surface area contributed by atoms with Crippen LogP contribution in [0.4, 0.5) is 5.95 Å². The van der Waals surface area contributed by atoms with Gasteiger partial charge in [0, 0.05) is 29.9 Å². The summed E-state index contributed by atoms with van der Waals surface area (Å²) in [4.78, 5) is 20.1. The predicted octanol–water partition coefficient (Wildman–Crippen LogP) is 2.39. The van der Waals surface area contributed by atoms with Gasteiger partial charge in [-0.2, -0.15) is 4.98 Å². The van der Waals surface area contributed by atoms with Gasteiger partial charge in [0.2, 0.25) is 5.95 Å². The molecule has 5 rings (SSSR count). The number of hydrogen-bond donors (Lipinski definition) is 2. The zero-order valence-corrected chi connectivity index (χ0v) is 15.9. The molecule has 7 nitrogen and oxygen atoms in total. The Morgan fingerprint density at radius 3 is 2.81 bits per heavy atom. The number of nitrogens with one attached hydrogen (secondary N) is 1. The number of carbonyl (C=O) groups excluding carboxylic acids is 1. The molecule has 2 fully saturated rings. The van der Waals surface area contributed by atoms with Crippen molar-refractivity contribution in [2.24, 2.45) is 0 Å². The van der Waals surface area contributed by atoms with Crippen LogP contribution >= 0.6 is 11.3 Å². The summed E-state index contributed by atoms with van der Waals surface area (Å²) in [7, 11) is 2.21. The Kier molecular flexibility index (Phi) is 3.91. The first kappa shape index (κ1) is 16.7. The number of pyridine rings is 1. The normalized spacial score (nSPS) is 25.1. The van der Waals surface area contributed by atoms with Crippen LogP contribution in [0.3, 0.4) is 0 Å². The molecule has 1 amide bonds. The second kappa shape index (κ2) is 6.31. The first-order valence-corrected chi connectivity index (χ1v) is 10.2. The van der Waals surface area contributed by atoms with Crippen molar-refractivity contribution in [3.05, 3.63) is 34.7 Å². The smallest absolute Gasteiger partial charge is 0.261 e. The van der Waals surface area contributed by atoms with E-state index in [1.54, 1.807) is 4.52 Å². The van der Waals surface area contributed by atoms with Crippen molar-refractivity contribution in [3.63, 3.8) is 0 Å². The fraction of sp³-hybridized carbons (Fsp3) is 0.421.